The molecule has 0 aromatic heterocycles. The first kappa shape index (κ1) is 17.5. The van der Waals surface area contributed by atoms with Gasteiger partial charge < -0.3 is 15.5 Å². The molecule has 0 atom stereocenters. The molecule has 2 rings (SSSR count). The number of rotatable bonds is 5. The van der Waals surface area contributed by atoms with Crippen LogP contribution in [0.2, 0.25) is 0 Å². The average Bonchev–Trinajstić information content (AvgIpc) is 2.78. The number of fused-ring (bicyclic) bond motifs is 1. The van der Waals surface area contributed by atoms with Crippen molar-refractivity contribution in [1.82, 2.24) is 15.7 Å². The van der Waals surface area contributed by atoms with Crippen molar-refractivity contribution < 1.29 is 24.0 Å². The monoisotopic (exact) mass is 333 g/mol. The van der Waals surface area contributed by atoms with Crippen molar-refractivity contribution in [2.75, 3.05) is 6.54 Å². The lowest BCUT2D eigenvalue weighted by atomic mass is 10.1. The second kappa shape index (κ2) is 6.69. The van der Waals surface area contributed by atoms with E-state index in [0.717, 1.165) is 6.42 Å². The number of amides is 4. The van der Waals surface area contributed by atoms with Crippen LogP contribution in [-0.4, -0.2) is 41.0 Å². The smallest absolute Gasteiger partial charge is 0.338 e. The van der Waals surface area contributed by atoms with Crippen molar-refractivity contribution in [3.63, 3.8) is 0 Å². The van der Waals surface area contributed by atoms with Gasteiger partial charge >= 0.3 is 12.0 Å². The van der Waals surface area contributed by atoms with Crippen LogP contribution < -0.4 is 10.6 Å². The zero-order valence-electron chi connectivity index (χ0n) is 13.7. The van der Waals surface area contributed by atoms with E-state index in [2.05, 4.69) is 10.6 Å². The van der Waals surface area contributed by atoms with Gasteiger partial charge in [0.05, 0.1) is 11.1 Å². The van der Waals surface area contributed by atoms with E-state index in [1.807, 2.05) is 6.92 Å². The van der Waals surface area contributed by atoms with E-state index in [-0.39, 0.29) is 11.1 Å². The number of imide groups is 1. The first-order chi connectivity index (χ1) is 11.3. The van der Waals surface area contributed by atoms with Crippen molar-refractivity contribution in [2.24, 2.45) is 0 Å². The highest BCUT2D eigenvalue weighted by atomic mass is 16.7. The van der Waals surface area contributed by atoms with Crippen LogP contribution in [0.4, 0.5) is 4.79 Å². The molecule has 0 saturated carbocycles. The quantitative estimate of drug-likeness (QED) is 0.789. The van der Waals surface area contributed by atoms with Crippen molar-refractivity contribution in [3.05, 3.63) is 35.4 Å². The van der Waals surface area contributed by atoms with E-state index >= 15 is 0 Å². The van der Waals surface area contributed by atoms with E-state index in [9.17, 15) is 19.2 Å². The van der Waals surface area contributed by atoms with Gasteiger partial charge in [-0.2, -0.15) is 0 Å². The molecule has 24 heavy (non-hydrogen) atoms. The fourth-order valence-electron chi connectivity index (χ4n) is 2.06. The van der Waals surface area contributed by atoms with Gasteiger partial charge in [0.15, 0.2) is 0 Å². The number of carbonyl (C=O) groups excluding carboxylic acids is 4. The largest absolute Gasteiger partial charge is 0.357 e. The van der Waals surface area contributed by atoms with Gasteiger partial charge in [-0.1, -0.05) is 24.1 Å². The summed E-state index contributed by atoms with van der Waals surface area (Å²) >= 11 is 0. The first-order valence-corrected chi connectivity index (χ1v) is 7.54. The summed E-state index contributed by atoms with van der Waals surface area (Å²) in [5, 5.41) is 5.42. The van der Waals surface area contributed by atoms with Crippen LogP contribution in [0.25, 0.3) is 0 Å². The van der Waals surface area contributed by atoms with Crippen LogP contribution in [0, 0.1) is 0 Å². The van der Waals surface area contributed by atoms with Gasteiger partial charge in [0.2, 0.25) is 0 Å². The van der Waals surface area contributed by atoms with Gasteiger partial charge in [-0.05, 0) is 32.4 Å². The number of hydroxylamine groups is 2. The number of hydrogen-bond donors (Lipinski definition) is 2. The highest BCUT2D eigenvalue weighted by Gasteiger charge is 2.42. The van der Waals surface area contributed by atoms with Crippen LogP contribution in [0.3, 0.4) is 0 Å². The number of nitrogens with zero attached hydrogens (tertiary/aromatic N) is 1. The molecule has 0 bridgehead atoms. The summed E-state index contributed by atoms with van der Waals surface area (Å²) in [5.74, 6) is -2.35. The molecule has 1 aliphatic heterocycles. The highest BCUT2D eigenvalue weighted by molar-refractivity contribution is 6.21. The Bertz CT molecular complexity index is 664. The first-order valence-electron chi connectivity index (χ1n) is 7.54. The van der Waals surface area contributed by atoms with Gasteiger partial charge in [0.25, 0.3) is 11.8 Å². The normalized spacial score (nSPS) is 13.5. The molecular weight excluding hydrogens is 314 g/mol. The Morgan fingerprint density at radius 3 is 2.17 bits per heavy atom. The third kappa shape index (κ3) is 3.37. The number of hydrogen-bond acceptors (Lipinski definition) is 5. The number of nitrogens with one attached hydrogen (secondary N) is 2. The molecule has 0 aliphatic carbocycles. The van der Waals surface area contributed by atoms with Crippen molar-refractivity contribution in [1.29, 1.82) is 0 Å². The van der Waals surface area contributed by atoms with E-state index in [4.69, 9.17) is 4.84 Å². The Balaban J connectivity index is 2.06. The topological polar surface area (TPSA) is 105 Å². The molecule has 0 saturated heterocycles. The predicted octanol–water partition coefficient (Wildman–Crippen LogP) is 1.23. The van der Waals surface area contributed by atoms with Gasteiger partial charge in [-0.15, -0.1) is 0 Å². The number of urea groups is 1. The fraction of sp³-hybridized carbons (Fsp3) is 0.375. The second-order valence-corrected chi connectivity index (χ2v) is 5.83. The van der Waals surface area contributed by atoms with E-state index in [0.29, 0.717) is 11.6 Å². The molecule has 0 radical (unpaired) electrons. The maximum atomic E-state index is 12.3. The van der Waals surface area contributed by atoms with Crippen molar-refractivity contribution in [3.8, 4) is 0 Å². The van der Waals surface area contributed by atoms with Crippen molar-refractivity contribution >= 4 is 23.8 Å². The second-order valence-electron chi connectivity index (χ2n) is 5.83. The Labute approximate surface area is 139 Å². The minimum atomic E-state index is -1.42. The zero-order valence-corrected chi connectivity index (χ0v) is 13.7. The Morgan fingerprint density at radius 2 is 1.67 bits per heavy atom. The fourth-order valence-corrected chi connectivity index (χ4v) is 2.06. The highest BCUT2D eigenvalue weighted by Crippen LogP contribution is 2.23. The summed E-state index contributed by atoms with van der Waals surface area (Å²) in [6.45, 7) is 5.18. The number of benzene rings is 1. The minimum Gasteiger partial charge on any atom is -0.338 e. The lowest BCUT2D eigenvalue weighted by Gasteiger charge is -2.25. The minimum absolute atomic E-state index is 0.168. The van der Waals surface area contributed by atoms with Crippen LogP contribution in [0.1, 0.15) is 47.9 Å². The molecule has 0 fully saturated rings. The molecule has 0 unspecified atom stereocenters. The maximum absolute atomic E-state index is 12.3. The molecule has 0 spiro atoms. The molecule has 1 aromatic carbocycles. The summed E-state index contributed by atoms with van der Waals surface area (Å²) in [7, 11) is 0. The van der Waals surface area contributed by atoms with Crippen LogP contribution >= 0.6 is 0 Å². The molecule has 1 heterocycles. The van der Waals surface area contributed by atoms with Crippen LogP contribution in [0.15, 0.2) is 24.3 Å². The Hall–Kier alpha value is -2.90. The van der Waals surface area contributed by atoms with E-state index in [1.54, 1.807) is 12.1 Å². The maximum Gasteiger partial charge on any atom is 0.357 e. The summed E-state index contributed by atoms with van der Waals surface area (Å²) in [5.41, 5.74) is -1.09. The van der Waals surface area contributed by atoms with Crippen LogP contribution in [0.5, 0.6) is 0 Å². The SMILES string of the molecule is CCCNC(=O)NC(C)(C)C(=O)ON1C(=O)c2ccccc2C1=O. The van der Waals surface area contributed by atoms with Gasteiger partial charge in [0, 0.05) is 6.54 Å². The molecule has 128 valence electrons. The molecule has 1 aromatic rings. The Kier molecular flexibility index (Phi) is 4.87. The molecule has 8 heteroatoms. The lowest BCUT2D eigenvalue weighted by Crippen LogP contribution is -2.55. The van der Waals surface area contributed by atoms with Gasteiger partial charge in [0.1, 0.15) is 5.54 Å². The summed E-state index contributed by atoms with van der Waals surface area (Å²) < 4.78 is 0. The number of carbonyl (C=O) groups is 4. The molecule has 2 N–H and O–H groups in total. The lowest BCUT2D eigenvalue weighted by molar-refractivity contribution is -0.175. The third-order valence-electron chi connectivity index (χ3n) is 3.40. The predicted molar refractivity (Wildman–Crippen MR) is 83.9 cm³/mol. The van der Waals surface area contributed by atoms with Gasteiger partial charge in [-0.25, -0.2) is 9.59 Å². The summed E-state index contributed by atoms with van der Waals surface area (Å²) in [6, 6.07) is 5.63. The van der Waals surface area contributed by atoms with E-state index in [1.165, 1.54) is 26.0 Å². The average molecular weight is 333 g/mol. The van der Waals surface area contributed by atoms with Crippen molar-refractivity contribution in [2.45, 2.75) is 32.7 Å². The molecule has 4 amide bonds. The Morgan fingerprint density at radius 1 is 1.12 bits per heavy atom. The molecule has 8 nitrogen and oxygen atoms in total. The summed E-state index contributed by atoms with van der Waals surface area (Å²) in [4.78, 5) is 53.2. The molecule has 1 aliphatic rings. The van der Waals surface area contributed by atoms with Crippen LogP contribution in [-0.2, 0) is 9.63 Å². The molecular formula is C16H19N3O5. The standard InChI is InChI=1S/C16H19N3O5/c1-4-9-17-15(23)18-16(2,3)14(22)24-19-12(20)10-7-5-6-8-11(10)13(19)21/h5-8H,4,9H2,1-3H3,(H2,17,18,23). The summed E-state index contributed by atoms with van der Waals surface area (Å²) in [6.07, 6.45) is 0.743. The van der Waals surface area contributed by atoms with Gasteiger partial charge in [-0.3, -0.25) is 9.59 Å². The third-order valence-corrected chi connectivity index (χ3v) is 3.40. The van der Waals surface area contributed by atoms with E-state index < -0.39 is 29.4 Å². The zero-order chi connectivity index (χ0) is 17.9.